The lowest BCUT2D eigenvalue weighted by molar-refractivity contribution is -0.131. The Hall–Kier alpha value is -2.90. The molecular weight excluding hydrogens is 347 g/mol. The zero-order valence-electron chi connectivity index (χ0n) is 15.7. The van der Waals surface area contributed by atoms with E-state index in [-0.39, 0.29) is 18.5 Å². The number of anilines is 1. The normalized spacial score (nSPS) is 20.2. The van der Waals surface area contributed by atoms with Crippen LogP contribution >= 0.6 is 0 Å². The first-order chi connectivity index (χ1) is 13.0. The summed E-state index contributed by atoms with van der Waals surface area (Å²) in [7, 11) is 1.88. The van der Waals surface area contributed by atoms with Crippen LogP contribution in [0.15, 0.2) is 24.7 Å². The number of nitrogens with zero attached hydrogens (tertiary/aromatic N) is 4. The van der Waals surface area contributed by atoms with Gasteiger partial charge in [-0.25, -0.2) is 9.37 Å². The van der Waals surface area contributed by atoms with Crippen LogP contribution in [-0.4, -0.2) is 56.9 Å². The van der Waals surface area contributed by atoms with Gasteiger partial charge in [-0.05, 0) is 19.4 Å². The maximum Gasteiger partial charge on any atom is 0.219 e. The van der Waals surface area contributed by atoms with Crippen LogP contribution in [0.2, 0.25) is 0 Å². The van der Waals surface area contributed by atoms with Crippen LogP contribution < -0.4 is 5.32 Å². The lowest BCUT2D eigenvalue weighted by atomic mass is 10.0. The van der Waals surface area contributed by atoms with E-state index in [2.05, 4.69) is 20.4 Å². The number of carbonyl (C=O) groups is 1. The average molecular weight is 370 g/mol. The molecule has 1 saturated heterocycles. The number of aromatic nitrogens is 4. The van der Waals surface area contributed by atoms with Crippen molar-refractivity contribution in [2.24, 2.45) is 0 Å². The molecule has 1 fully saturated rings. The van der Waals surface area contributed by atoms with Crippen molar-refractivity contribution in [3.8, 4) is 11.1 Å². The molecule has 0 saturated carbocycles. The number of hydrogen-bond acceptors (Lipinski definition) is 4. The van der Waals surface area contributed by atoms with Crippen LogP contribution in [0.3, 0.4) is 0 Å². The summed E-state index contributed by atoms with van der Waals surface area (Å²) in [6, 6.07) is 1.61. The molecule has 0 bridgehead atoms. The van der Waals surface area contributed by atoms with Crippen molar-refractivity contribution in [1.82, 2.24) is 24.6 Å². The Morgan fingerprint density at radius 2 is 2.19 bits per heavy atom. The molecule has 0 aromatic carbocycles. The molecule has 142 valence electrons. The van der Waals surface area contributed by atoms with E-state index in [1.165, 1.54) is 6.92 Å². The number of likely N-dealkylation sites (tertiary alicyclic amines) is 1. The molecule has 1 amide bonds. The van der Waals surface area contributed by atoms with E-state index < -0.39 is 6.17 Å². The van der Waals surface area contributed by atoms with Gasteiger partial charge in [-0.2, -0.15) is 5.10 Å². The van der Waals surface area contributed by atoms with Crippen molar-refractivity contribution in [3.63, 3.8) is 0 Å². The number of carbonyl (C=O) groups excluding carboxylic acids is 1. The summed E-state index contributed by atoms with van der Waals surface area (Å²) in [4.78, 5) is 20.7. The van der Waals surface area contributed by atoms with Crippen LogP contribution in [0, 0.1) is 6.92 Å². The third kappa shape index (κ3) is 2.85. The van der Waals surface area contributed by atoms with Crippen molar-refractivity contribution in [1.29, 1.82) is 0 Å². The molecule has 1 aliphatic heterocycles. The van der Waals surface area contributed by atoms with Crippen molar-refractivity contribution < 1.29 is 9.18 Å². The lowest BCUT2D eigenvalue weighted by Crippen LogP contribution is -2.45. The molecule has 0 unspecified atom stereocenters. The number of rotatable bonds is 3. The molecule has 8 heteroatoms. The Kier molecular flexibility index (Phi) is 4.33. The molecule has 0 aliphatic carbocycles. The number of alkyl halides is 1. The van der Waals surface area contributed by atoms with Crippen molar-refractivity contribution >= 4 is 22.6 Å². The van der Waals surface area contributed by atoms with Crippen molar-refractivity contribution in [3.05, 3.63) is 30.4 Å². The average Bonchev–Trinajstić information content (AvgIpc) is 3.27. The maximum atomic E-state index is 14.8. The van der Waals surface area contributed by atoms with E-state index in [0.29, 0.717) is 13.0 Å². The van der Waals surface area contributed by atoms with Gasteiger partial charge < -0.3 is 15.2 Å². The highest BCUT2D eigenvalue weighted by atomic mass is 19.1. The van der Waals surface area contributed by atoms with E-state index in [1.807, 2.05) is 32.4 Å². The molecule has 1 aliphatic rings. The van der Waals surface area contributed by atoms with Crippen molar-refractivity contribution in [2.75, 3.05) is 25.5 Å². The molecule has 7 nitrogen and oxygen atoms in total. The fraction of sp³-hybridized carbons (Fsp3) is 0.421. The minimum absolute atomic E-state index is 0.0847. The van der Waals surface area contributed by atoms with Crippen molar-refractivity contribution in [2.45, 2.75) is 32.5 Å². The topological polar surface area (TPSA) is 78.8 Å². The van der Waals surface area contributed by atoms with E-state index >= 15 is 0 Å². The second-order valence-corrected chi connectivity index (χ2v) is 6.96. The number of piperidine rings is 1. The summed E-state index contributed by atoms with van der Waals surface area (Å²) in [6.45, 7) is 4.10. The van der Waals surface area contributed by atoms with Gasteiger partial charge in [-0.1, -0.05) is 0 Å². The lowest BCUT2D eigenvalue weighted by Gasteiger charge is -2.34. The smallest absolute Gasteiger partial charge is 0.219 e. The molecule has 0 radical (unpaired) electrons. The molecule has 3 aromatic rings. The van der Waals surface area contributed by atoms with Gasteiger partial charge >= 0.3 is 0 Å². The summed E-state index contributed by atoms with van der Waals surface area (Å²) < 4.78 is 16.5. The SMILES string of the molecule is CNc1c(-c2cnn([C@H]3CCN(C(C)=O)C[C@@H]3F)c2C)cnc2[nH]ccc12. The third-order valence-electron chi connectivity index (χ3n) is 5.44. The Morgan fingerprint density at radius 3 is 2.89 bits per heavy atom. The van der Waals surface area contributed by atoms with Gasteiger partial charge in [-0.3, -0.25) is 9.48 Å². The quantitative estimate of drug-likeness (QED) is 0.743. The third-order valence-corrected chi connectivity index (χ3v) is 5.44. The molecule has 2 N–H and O–H groups in total. The number of halogens is 1. The second kappa shape index (κ2) is 6.68. The van der Waals surface area contributed by atoms with Crippen LogP contribution in [-0.2, 0) is 4.79 Å². The molecule has 2 atom stereocenters. The van der Waals surface area contributed by atoms with E-state index in [1.54, 1.807) is 15.8 Å². The van der Waals surface area contributed by atoms with E-state index in [4.69, 9.17) is 0 Å². The highest BCUT2D eigenvalue weighted by molar-refractivity contribution is 5.98. The Balaban J connectivity index is 1.70. The summed E-state index contributed by atoms with van der Waals surface area (Å²) in [5, 5.41) is 8.74. The summed E-state index contributed by atoms with van der Waals surface area (Å²) in [6.07, 6.45) is 4.86. The summed E-state index contributed by atoms with van der Waals surface area (Å²) in [5.41, 5.74) is 4.54. The Labute approximate surface area is 156 Å². The zero-order chi connectivity index (χ0) is 19.1. The van der Waals surface area contributed by atoms with Crippen LogP contribution in [0.1, 0.15) is 25.1 Å². The molecule has 4 heterocycles. The van der Waals surface area contributed by atoms with Gasteiger partial charge in [0.1, 0.15) is 11.8 Å². The standard InChI is InChI=1S/C19H23FN6O/c1-11-14(15-8-23-19-13(4-6-22-19)18(15)21-3)9-24-26(11)17-5-7-25(12(2)27)10-16(17)20/h4,6,8-9,16-17H,5,7,10H2,1-3H3,(H2,21,22,23)/t16-,17-/m0/s1. The fourth-order valence-corrected chi connectivity index (χ4v) is 3.96. The van der Waals surface area contributed by atoms with Crippen LogP contribution in [0.5, 0.6) is 0 Å². The summed E-state index contributed by atoms with van der Waals surface area (Å²) in [5.74, 6) is -0.0847. The zero-order valence-corrected chi connectivity index (χ0v) is 15.7. The predicted molar refractivity (Wildman–Crippen MR) is 102 cm³/mol. The molecule has 4 rings (SSSR count). The minimum atomic E-state index is -1.14. The van der Waals surface area contributed by atoms with Gasteiger partial charge in [0, 0.05) is 55.1 Å². The number of nitrogens with one attached hydrogen (secondary N) is 2. The van der Waals surface area contributed by atoms with Gasteiger partial charge in [0.15, 0.2) is 0 Å². The molecule has 3 aromatic heterocycles. The Bertz CT molecular complexity index is 993. The first-order valence-electron chi connectivity index (χ1n) is 9.09. The monoisotopic (exact) mass is 370 g/mol. The van der Waals surface area contributed by atoms with Gasteiger partial charge in [-0.15, -0.1) is 0 Å². The predicted octanol–water partition coefficient (Wildman–Crippen LogP) is 2.91. The highest BCUT2D eigenvalue weighted by Gasteiger charge is 2.33. The molecule has 27 heavy (non-hydrogen) atoms. The number of fused-ring (bicyclic) bond motifs is 1. The highest BCUT2D eigenvalue weighted by Crippen LogP contribution is 2.36. The number of aromatic amines is 1. The number of hydrogen-bond donors (Lipinski definition) is 2. The second-order valence-electron chi connectivity index (χ2n) is 6.96. The van der Waals surface area contributed by atoms with Gasteiger partial charge in [0.05, 0.1) is 24.5 Å². The van der Waals surface area contributed by atoms with Crippen LogP contribution in [0.25, 0.3) is 22.2 Å². The van der Waals surface area contributed by atoms with Gasteiger partial charge in [0.25, 0.3) is 0 Å². The molecule has 0 spiro atoms. The maximum absolute atomic E-state index is 14.8. The fourth-order valence-electron chi connectivity index (χ4n) is 3.96. The van der Waals surface area contributed by atoms with E-state index in [0.717, 1.165) is 33.5 Å². The number of amides is 1. The Morgan fingerprint density at radius 1 is 1.37 bits per heavy atom. The number of pyridine rings is 1. The van der Waals surface area contributed by atoms with Crippen LogP contribution in [0.4, 0.5) is 10.1 Å². The molecular formula is C19H23FN6O. The first-order valence-corrected chi connectivity index (χ1v) is 9.09. The largest absolute Gasteiger partial charge is 0.387 e. The van der Waals surface area contributed by atoms with Gasteiger partial charge in [0.2, 0.25) is 5.91 Å². The van der Waals surface area contributed by atoms with E-state index in [9.17, 15) is 9.18 Å². The minimum Gasteiger partial charge on any atom is -0.387 e. The summed E-state index contributed by atoms with van der Waals surface area (Å²) >= 11 is 0. The number of H-pyrrole nitrogens is 1. The first kappa shape index (κ1) is 17.5.